The Labute approximate surface area is 105 Å². The molecule has 0 atom stereocenters. The largest absolute Gasteiger partial charge is 0.369 e. The van der Waals surface area contributed by atoms with Gasteiger partial charge in [0.2, 0.25) is 0 Å². The fourth-order valence-electron chi connectivity index (χ4n) is 1.71. The zero-order valence-corrected chi connectivity index (χ0v) is 11.5. The van der Waals surface area contributed by atoms with Crippen LogP contribution in [-0.2, 0) is 6.42 Å². The van der Waals surface area contributed by atoms with Crippen LogP contribution >= 0.6 is 0 Å². The summed E-state index contributed by atoms with van der Waals surface area (Å²) in [4.78, 5) is 4.53. The molecule has 0 fully saturated rings. The fraction of sp³-hybridized carbons (Fsp3) is 0.533. The lowest BCUT2D eigenvalue weighted by Crippen LogP contribution is -2.41. The quantitative estimate of drug-likeness (QED) is 0.624. The van der Waals surface area contributed by atoms with Gasteiger partial charge in [-0.05, 0) is 39.7 Å². The molecule has 2 heteroatoms. The summed E-state index contributed by atoms with van der Waals surface area (Å²) in [5.74, 6) is 1.11. The predicted molar refractivity (Wildman–Crippen MR) is 75.6 cm³/mol. The van der Waals surface area contributed by atoms with E-state index in [0.717, 1.165) is 25.2 Å². The standard InChI is InChI=1S/C15H24N2/c1-5-16-14(17-15(2,3)4)12-11-13-9-7-6-8-10-13/h6-10H,5,11-12H2,1-4H3,(H,16,17). The van der Waals surface area contributed by atoms with Crippen molar-refractivity contribution in [2.45, 2.75) is 46.1 Å². The molecule has 0 spiro atoms. The highest BCUT2D eigenvalue weighted by molar-refractivity contribution is 5.83. The molecule has 0 aliphatic heterocycles. The molecule has 0 saturated heterocycles. The van der Waals surface area contributed by atoms with E-state index in [1.807, 2.05) is 0 Å². The Kier molecular flexibility index (Phi) is 5.20. The molecule has 0 amide bonds. The van der Waals surface area contributed by atoms with Gasteiger partial charge in [-0.15, -0.1) is 0 Å². The van der Waals surface area contributed by atoms with E-state index >= 15 is 0 Å². The van der Waals surface area contributed by atoms with Crippen LogP contribution in [0.25, 0.3) is 0 Å². The first-order valence-corrected chi connectivity index (χ1v) is 6.36. The topological polar surface area (TPSA) is 24.4 Å². The number of hydrogen-bond donors (Lipinski definition) is 1. The van der Waals surface area contributed by atoms with Gasteiger partial charge >= 0.3 is 0 Å². The lowest BCUT2D eigenvalue weighted by molar-refractivity contribution is 0.505. The first kappa shape index (κ1) is 13.8. The summed E-state index contributed by atoms with van der Waals surface area (Å²) in [7, 11) is 0. The first-order valence-electron chi connectivity index (χ1n) is 6.36. The van der Waals surface area contributed by atoms with Crippen LogP contribution in [0.1, 0.15) is 39.7 Å². The minimum Gasteiger partial charge on any atom is -0.369 e. The third-order valence-electron chi connectivity index (χ3n) is 2.36. The third-order valence-corrected chi connectivity index (χ3v) is 2.36. The van der Waals surface area contributed by atoms with Crippen molar-refractivity contribution in [1.29, 1.82) is 0 Å². The van der Waals surface area contributed by atoms with Crippen LogP contribution in [0, 0.1) is 0 Å². The van der Waals surface area contributed by atoms with Crippen molar-refractivity contribution in [3.8, 4) is 0 Å². The Morgan fingerprint density at radius 2 is 1.82 bits per heavy atom. The highest BCUT2D eigenvalue weighted by Crippen LogP contribution is 2.05. The Bertz CT molecular complexity index is 347. The second kappa shape index (κ2) is 6.43. The molecule has 1 aromatic carbocycles. The summed E-state index contributed by atoms with van der Waals surface area (Å²) in [5.41, 5.74) is 1.46. The molecule has 0 bridgehead atoms. The second-order valence-corrected chi connectivity index (χ2v) is 5.28. The SMILES string of the molecule is CCN=C(CCc1ccccc1)NC(C)(C)C. The molecule has 0 saturated carbocycles. The van der Waals surface area contributed by atoms with E-state index in [-0.39, 0.29) is 5.54 Å². The molecule has 1 rings (SSSR count). The van der Waals surface area contributed by atoms with E-state index in [0.29, 0.717) is 0 Å². The monoisotopic (exact) mass is 232 g/mol. The van der Waals surface area contributed by atoms with Crippen LogP contribution < -0.4 is 5.32 Å². The molecule has 94 valence electrons. The molecule has 17 heavy (non-hydrogen) atoms. The van der Waals surface area contributed by atoms with E-state index < -0.39 is 0 Å². The summed E-state index contributed by atoms with van der Waals surface area (Å²) in [6.45, 7) is 9.42. The molecule has 0 aliphatic carbocycles. The van der Waals surface area contributed by atoms with Crippen LogP contribution in [0.5, 0.6) is 0 Å². The fourth-order valence-corrected chi connectivity index (χ4v) is 1.71. The predicted octanol–water partition coefficient (Wildman–Crippen LogP) is 3.43. The molecule has 2 nitrogen and oxygen atoms in total. The molecule has 1 N–H and O–H groups in total. The van der Waals surface area contributed by atoms with Crippen LogP contribution in [0.3, 0.4) is 0 Å². The van der Waals surface area contributed by atoms with Crippen molar-refractivity contribution >= 4 is 5.84 Å². The number of aryl methyl sites for hydroxylation is 1. The molecule has 0 aromatic heterocycles. The van der Waals surface area contributed by atoms with Gasteiger partial charge in [-0.3, -0.25) is 4.99 Å². The number of aliphatic imine (C=N–C) groups is 1. The average Bonchev–Trinajstić information content (AvgIpc) is 2.26. The maximum absolute atomic E-state index is 4.53. The van der Waals surface area contributed by atoms with E-state index in [2.05, 4.69) is 68.3 Å². The van der Waals surface area contributed by atoms with Crippen LogP contribution in [0.15, 0.2) is 35.3 Å². The van der Waals surface area contributed by atoms with Gasteiger partial charge in [0.15, 0.2) is 0 Å². The lowest BCUT2D eigenvalue weighted by Gasteiger charge is -2.23. The van der Waals surface area contributed by atoms with Gasteiger partial charge in [-0.2, -0.15) is 0 Å². The van der Waals surface area contributed by atoms with Gasteiger partial charge in [-0.25, -0.2) is 0 Å². The molecule has 1 aromatic rings. The van der Waals surface area contributed by atoms with Gasteiger partial charge in [0.25, 0.3) is 0 Å². The normalized spacial score (nSPS) is 12.6. The number of hydrogen-bond acceptors (Lipinski definition) is 1. The number of nitrogens with zero attached hydrogens (tertiary/aromatic N) is 1. The molecule has 0 unspecified atom stereocenters. The van der Waals surface area contributed by atoms with Crippen LogP contribution in [0.4, 0.5) is 0 Å². The highest BCUT2D eigenvalue weighted by Gasteiger charge is 2.11. The number of benzene rings is 1. The Morgan fingerprint density at radius 3 is 2.35 bits per heavy atom. The van der Waals surface area contributed by atoms with Crippen LogP contribution in [0.2, 0.25) is 0 Å². The van der Waals surface area contributed by atoms with Crippen molar-refractivity contribution in [3.05, 3.63) is 35.9 Å². The Morgan fingerprint density at radius 1 is 1.18 bits per heavy atom. The Hall–Kier alpha value is -1.31. The summed E-state index contributed by atoms with van der Waals surface area (Å²) >= 11 is 0. The van der Waals surface area contributed by atoms with E-state index in [9.17, 15) is 0 Å². The number of amidine groups is 1. The Balaban J connectivity index is 2.54. The molecular weight excluding hydrogens is 208 g/mol. The number of rotatable bonds is 4. The summed E-state index contributed by atoms with van der Waals surface area (Å²) in [5, 5.41) is 3.48. The number of nitrogens with one attached hydrogen (secondary N) is 1. The third kappa shape index (κ3) is 6.10. The van der Waals surface area contributed by atoms with Crippen molar-refractivity contribution in [3.63, 3.8) is 0 Å². The minimum atomic E-state index is 0.0880. The molecule has 0 radical (unpaired) electrons. The van der Waals surface area contributed by atoms with Crippen molar-refractivity contribution in [1.82, 2.24) is 5.32 Å². The maximum Gasteiger partial charge on any atom is 0.0970 e. The minimum absolute atomic E-state index is 0.0880. The van der Waals surface area contributed by atoms with Crippen LogP contribution in [-0.4, -0.2) is 17.9 Å². The summed E-state index contributed by atoms with van der Waals surface area (Å²) in [6.07, 6.45) is 2.03. The highest BCUT2D eigenvalue weighted by atomic mass is 15.0. The molecule has 0 aliphatic rings. The van der Waals surface area contributed by atoms with Gasteiger partial charge in [-0.1, -0.05) is 30.3 Å². The molecular formula is C15H24N2. The van der Waals surface area contributed by atoms with E-state index in [1.54, 1.807) is 0 Å². The second-order valence-electron chi connectivity index (χ2n) is 5.28. The van der Waals surface area contributed by atoms with Crippen molar-refractivity contribution in [2.75, 3.05) is 6.54 Å². The average molecular weight is 232 g/mol. The smallest absolute Gasteiger partial charge is 0.0970 e. The van der Waals surface area contributed by atoms with Gasteiger partial charge in [0.05, 0.1) is 5.84 Å². The lowest BCUT2D eigenvalue weighted by atomic mass is 10.1. The van der Waals surface area contributed by atoms with E-state index in [1.165, 1.54) is 5.56 Å². The summed E-state index contributed by atoms with van der Waals surface area (Å²) in [6, 6.07) is 10.6. The van der Waals surface area contributed by atoms with Crippen molar-refractivity contribution in [2.24, 2.45) is 4.99 Å². The zero-order valence-electron chi connectivity index (χ0n) is 11.5. The summed E-state index contributed by atoms with van der Waals surface area (Å²) < 4.78 is 0. The van der Waals surface area contributed by atoms with Gasteiger partial charge in [0.1, 0.15) is 0 Å². The van der Waals surface area contributed by atoms with Crippen molar-refractivity contribution < 1.29 is 0 Å². The van der Waals surface area contributed by atoms with Gasteiger partial charge < -0.3 is 5.32 Å². The zero-order chi connectivity index (χ0) is 12.7. The van der Waals surface area contributed by atoms with E-state index in [4.69, 9.17) is 0 Å². The first-order chi connectivity index (χ1) is 8.01. The molecule has 0 heterocycles. The maximum atomic E-state index is 4.53. The van der Waals surface area contributed by atoms with Gasteiger partial charge in [0, 0.05) is 18.5 Å².